The molecular formula is C24H26FN5OS. The fourth-order valence-electron chi connectivity index (χ4n) is 3.61. The molecule has 2 heterocycles. The van der Waals surface area contributed by atoms with Crippen molar-refractivity contribution < 1.29 is 9.18 Å². The first-order chi connectivity index (χ1) is 15.6. The van der Waals surface area contributed by atoms with Crippen LogP contribution in [0.15, 0.2) is 65.7 Å². The second-order valence-corrected chi connectivity index (χ2v) is 8.57. The minimum atomic E-state index is -0.219. The summed E-state index contributed by atoms with van der Waals surface area (Å²) in [5, 5.41) is 12.3. The van der Waals surface area contributed by atoms with Gasteiger partial charge in [0.25, 0.3) is 0 Å². The number of hydrogen-bond acceptors (Lipinski definition) is 6. The second-order valence-electron chi connectivity index (χ2n) is 7.57. The number of carbonyl (C=O) groups is 1. The quantitative estimate of drug-likeness (QED) is 0.543. The van der Waals surface area contributed by atoms with Crippen LogP contribution in [0, 0.1) is 5.82 Å². The highest BCUT2D eigenvalue weighted by molar-refractivity contribution is 7.99. The van der Waals surface area contributed by atoms with Crippen molar-refractivity contribution in [3.8, 4) is 0 Å². The molecule has 1 aliphatic heterocycles. The smallest absolute Gasteiger partial charge is 0.234 e. The zero-order chi connectivity index (χ0) is 22.3. The number of halogens is 1. The van der Waals surface area contributed by atoms with Gasteiger partial charge in [-0.1, -0.05) is 30.8 Å². The Labute approximate surface area is 191 Å². The summed E-state index contributed by atoms with van der Waals surface area (Å²) in [6, 6.07) is 18.4. The summed E-state index contributed by atoms with van der Waals surface area (Å²) in [6.45, 7) is 5.40. The van der Waals surface area contributed by atoms with E-state index in [9.17, 15) is 9.18 Å². The number of aryl methyl sites for hydroxylation is 1. The molecule has 1 amide bonds. The standard InChI is InChI=1S/C24H26FN5OS/c1-2-18-4-3-5-20(16-18)26-23(31)17-32-24-11-10-22(27-28-24)30-14-12-29(13-15-30)21-8-6-19(25)7-9-21/h3-11,16H,2,12-15,17H2,1H3,(H,26,31). The molecule has 6 nitrogen and oxygen atoms in total. The van der Waals surface area contributed by atoms with Crippen LogP contribution in [0.3, 0.4) is 0 Å². The van der Waals surface area contributed by atoms with Crippen molar-refractivity contribution in [2.75, 3.05) is 47.0 Å². The predicted molar refractivity (Wildman–Crippen MR) is 128 cm³/mol. The Hall–Kier alpha value is -3.13. The Morgan fingerprint density at radius 2 is 1.75 bits per heavy atom. The van der Waals surface area contributed by atoms with Gasteiger partial charge in [0.05, 0.1) is 5.75 Å². The summed E-state index contributed by atoms with van der Waals surface area (Å²) in [5.41, 5.74) is 3.04. The van der Waals surface area contributed by atoms with Crippen molar-refractivity contribution in [2.45, 2.75) is 18.4 Å². The van der Waals surface area contributed by atoms with E-state index in [1.54, 1.807) is 0 Å². The van der Waals surface area contributed by atoms with E-state index < -0.39 is 0 Å². The lowest BCUT2D eigenvalue weighted by Gasteiger charge is -2.36. The van der Waals surface area contributed by atoms with Crippen molar-refractivity contribution in [3.05, 3.63) is 72.0 Å². The van der Waals surface area contributed by atoms with Gasteiger partial charge in [0, 0.05) is 37.6 Å². The molecule has 3 aromatic rings. The van der Waals surface area contributed by atoms with Crippen molar-refractivity contribution in [2.24, 2.45) is 0 Å². The number of aromatic nitrogens is 2. The van der Waals surface area contributed by atoms with Gasteiger partial charge >= 0.3 is 0 Å². The molecular weight excluding hydrogens is 425 g/mol. The Balaban J connectivity index is 1.25. The van der Waals surface area contributed by atoms with Gasteiger partial charge in [-0.2, -0.15) is 0 Å². The van der Waals surface area contributed by atoms with Gasteiger partial charge in [-0.15, -0.1) is 10.2 Å². The molecule has 1 fully saturated rings. The lowest BCUT2D eigenvalue weighted by molar-refractivity contribution is -0.113. The highest BCUT2D eigenvalue weighted by Crippen LogP contribution is 2.21. The number of anilines is 3. The highest BCUT2D eigenvalue weighted by atomic mass is 32.2. The zero-order valence-corrected chi connectivity index (χ0v) is 18.8. The SMILES string of the molecule is CCc1cccc(NC(=O)CSc2ccc(N3CCN(c4ccc(F)cc4)CC3)nn2)c1. The molecule has 1 saturated heterocycles. The molecule has 0 unspecified atom stereocenters. The van der Waals surface area contributed by atoms with E-state index in [1.807, 2.05) is 48.5 Å². The molecule has 8 heteroatoms. The molecule has 32 heavy (non-hydrogen) atoms. The molecule has 4 rings (SSSR count). The Morgan fingerprint density at radius 1 is 1.00 bits per heavy atom. The van der Waals surface area contributed by atoms with Gasteiger partial charge in [0.1, 0.15) is 10.8 Å². The van der Waals surface area contributed by atoms with E-state index in [4.69, 9.17) is 0 Å². The number of hydrogen-bond donors (Lipinski definition) is 1. The maximum Gasteiger partial charge on any atom is 0.234 e. The van der Waals surface area contributed by atoms with Crippen molar-refractivity contribution >= 4 is 34.9 Å². The maximum atomic E-state index is 13.1. The van der Waals surface area contributed by atoms with Crippen LogP contribution in [-0.2, 0) is 11.2 Å². The molecule has 0 radical (unpaired) electrons. The number of thioether (sulfide) groups is 1. The minimum Gasteiger partial charge on any atom is -0.368 e. The Kier molecular flexibility index (Phi) is 7.21. The van der Waals surface area contributed by atoms with Gasteiger partial charge in [0.2, 0.25) is 5.91 Å². The summed E-state index contributed by atoms with van der Waals surface area (Å²) in [5.74, 6) is 0.824. The van der Waals surface area contributed by atoms with Gasteiger partial charge in [0.15, 0.2) is 5.82 Å². The van der Waals surface area contributed by atoms with Crippen molar-refractivity contribution in [1.82, 2.24) is 10.2 Å². The zero-order valence-electron chi connectivity index (χ0n) is 18.0. The number of benzene rings is 2. The van der Waals surface area contributed by atoms with E-state index >= 15 is 0 Å². The third kappa shape index (κ3) is 5.76. The molecule has 1 N–H and O–H groups in total. The number of amides is 1. The van der Waals surface area contributed by atoms with E-state index in [0.29, 0.717) is 0 Å². The van der Waals surface area contributed by atoms with Crippen LogP contribution >= 0.6 is 11.8 Å². The van der Waals surface area contributed by atoms with E-state index in [-0.39, 0.29) is 17.5 Å². The molecule has 0 saturated carbocycles. The first-order valence-electron chi connectivity index (χ1n) is 10.7. The van der Waals surface area contributed by atoms with Gasteiger partial charge in [-0.25, -0.2) is 4.39 Å². The molecule has 1 aromatic heterocycles. The molecule has 166 valence electrons. The average Bonchev–Trinajstić information content (AvgIpc) is 2.84. The molecule has 0 bridgehead atoms. The van der Waals surface area contributed by atoms with E-state index in [2.05, 4.69) is 32.2 Å². The Morgan fingerprint density at radius 3 is 2.44 bits per heavy atom. The third-order valence-electron chi connectivity index (χ3n) is 5.39. The summed E-state index contributed by atoms with van der Waals surface area (Å²) < 4.78 is 13.1. The van der Waals surface area contributed by atoms with Gasteiger partial charge in [-0.3, -0.25) is 4.79 Å². The predicted octanol–water partition coefficient (Wildman–Crippen LogP) is 4.24. The van der Waals surface area contributed by atoms with Gasteiger partial charge in [-0.05, 0) is 60.5 Å². The third-order valence-corrected chi connectivity index (χ3v) is 6.31. The molecule has 1 aliphatic rings. The summed E-state index contributed by atoms with van der Waals surface area (Å²) in [7, 11) is 0. The lowest BCUT2D eigenvalue weighted by Crippen LogP contribution is -2.46. The van der Waals surface area contributed by atoms with Crippen LogP contribution in [0.25, 0.3) is 0 Å². The molecule has 0 atom stereocenters. The summed E-state index contributed by atoms with van der Waals surface area (Å²) in [6.07, 6.45) is 0.932. The summed E-state index contributed by atoms with van der Waals surface area (Å²) >= 11 is 1.37. The number of piperazine rings is 1. The van der Waals surface area contributed by atoms with E-state index in [1.165, 1.54) is 29.5 Å². The highest BCUT2D eigenvalue weighted by Gasteiger charge is 2.19. The van der Waals surface area contributed by atoms with Crippen LogP contribution in [0.1, 0.15) is 12.5 Å². The second kappa shape index (κ2) is 10.5. The monoisotopic (exact) mass is 451 g/mol. The van der Waals surface area contributed by atoms with Crippen LogP contribution in [0.5, 0.6) is 0 Å². The number of rotatable bonds is 7. The molecule has 0 aliphatic carbocycles. The van der Waals surface area contributed by atoms with Crippen LogP contribution < -0.4 is 15.1 Å². The number of nitrogens with one attached hydrogen (secondary N) is 1. The fraction of sp³-hybridized carbons (Fsp3) is 0.292. The lowest BCUT2D eigenvalue weighted by atomic mass is 10.1. The normalized spacial score (nSPS) is 13.8. The van der Waals surface area contributed by atoms with Crippen molar-refractivity contribution in [3.63, 3.8) is 0 Å². The topological polar surface area (TPSA) is 61.4 Å². The first-order valence-corrected chi connectivity index (χ1v) is 11.7. The fourth-order valence-corrected chi connectivity index (χ4v) is 4.22. The Bertz CT molecular complexity index is 1040. The van der Waals surface area contributed by atoms with Gasteiger partial charge < -0.3 is 15.1 Å². The van der Waals surface area contributed by atoms with Crippen molar-refractivity contribution in [1.29, 1.82) is 0 Å². The molecule has 2 aromatic carbocycles. The molecule has 0 spiro atoms. The van der Waals surface area contributed by atoms with Crippen LogP contribution in [0.2, 0.25) is 0 Å². The first kappa shape index (κ1) is 22.1. The average molecular weight is 452 g/mol. The minimum absolute atomic E-state index is 0.0638. The number of carbonyl (C=O) groups excluding carboxylic acids is 1. The number of nitrogens with zero attached hydrogens (tertiary/aromatic N) is 4. The largest absolute Gasteiger partial charge is 0.368 e. The van der Waals surface area contributed by atoms with Crippen LogP contribution in [0.4, 0.5) is 21.6 Å². The maximum absolute atomic E-state index is 13.1. The summed E-state index contributed by atoms with van der Waals surface area (Å²) in [4.78, 5) is 16.7. The van der Waals surface area contributed by atoms with E-state index in [0.717, 1.165) is 54.8 Å². The van der Waals surface area contributed by atoms with Crippen LogP contribution in [-0.4, -0.2) is 48.0 Å².